The van der Waals surface area contributed by atoms with Gasteiger partial charge in [-0.1, -0.05) is 6.07 Å². The lowest BCUT2D eigenvalue weighted by Gasteiger charge is -2.36. The van der Waals surface area contributed by atoms with E-state index in [0.29, 0.717) is 6.04 Å². The van der Waals surface area contributed by atoms with Crippen LogP contribution in [0.1, 0.15) is 24.0 Å². The van der Waals surface area contributed by atoms with Crippen LogP contribution < -0.4 is 4.74 Å². The van der Waals surface area contributed by atoms with Gasteiger partial charge in [0.25, 0.3) is 0 Å². The number of piperidine rings is 1. The molecule has 0 spiro atoms. The van der Waals surface area contributed by atoms with Crippen molar-refractivity contribution in [3.63, 3.8) is 0 Å². The fourth-order valence-electron chi connectivity index (χ4n) is 2.89. The van der Waals surface area contributed by atoms with Gasteiger partial charge in [-0.2, -0.15) is 0 Å². The highest BCUT2D eigenvalue weighted by Gasteiger charge is 2.22. The molecule has 0 aliphatic carbocycles. The van der Waals surface area contributed by atoms with Gasteiger partial charge in [0.2, 0.25) is 0 Å². The van der Waals surface area contributed by atoms with E-state index < -0.39 is 0 Å². The third-order valence-electron chi connectivity index (χ3n) is 4.13. The monoisotopic (exact) mass is 278 g/mol. The molecule has 1 aliphatic rings. The van der Waals surface area contributed by atoms with Crippen molar-refractivity contribution in [1.82, 2.24) is 9.80 Å². The van der Waals surface area contributed by atoms with Gasteiger partial charge in [0.05, 0.1) is 13.7 Å². The van der Waals surface area contributed by atoms with Gasteiger partial charge in [0, 0.05) is 24.7 Å². The number of methoxy groups -OCH3 is 1. The minimum absolute atomic E-state index is 0.0807. The number of hydrogen-bond donors (Lipinski definition) is 1. The average molecular weight is 278 g/mol. The Bertz CT molecular complexity index is 434. The van der Waals surface area contributed by atoms with Gasteiger partial charge in [0.1, 0.15) is 5.75 Å². The number of aliphatic hydroxyl groups is 1. The number of likely N-dealkylation sites (N-methyl/N-ethyl adjacent to an activating group) is 1. The van der Waals surface area contributed by atoms with Crippen LogP contribution in [0, 0.1) is 0 Å². The van der Waals surface area contributed by atoms with E-state index >= 15 is 0 Å². The summed E-state index contributed by atoms with van der Waals surface area (Å²) in [7, 11) is 6.01. The second-order valence-corrected chi connectivity index (χ2v) is 5.80. The standard InChI is InChI=1S/C16H26N2O2/c1-17(2)15-5-4-8-18(11-15)10-14-9-13(12-19)6-7-16(14)20-3/h6-7,9,15,19H,4-5,8,10-12H2,1-3H3. The first-order valence-corrected chi connectivity index (χ1v) is 7.29. The summed E-state index contributed by atoms with van der Waals surface area (Å²) in [6.07, 6.45) is 2.52. The van der Waals surface area contributed by atoms with E-state index in [-0.39, 0.29) is 6.61 Å². The molecule has 0 radical (unpaired) electrons. The van der Waals surface area contributed by atoms with Crippen molar-refractivity contribution in [3.05, 3.63) is 29.3 Å². The zero-order chi connectivity index (χ0) is 14.5. The zero-order valence-electron chi connectivity index (χ0n) is 12.8. The first-order chi connectivity index (χ1) is 9.63. The largest absolute Gasteiger partial charge is 0.496 e. The van der Waals surface area contributed by atoms with E-state index in [0.717, 1.165) is 30.9 Å². The van der Waals surface area contributed by atoms with Crippen LogP contribution in [0.4, 0.5) is 0 Å². The van der Waals surface area contributed by atoms with Crippen molar-refractivity contribution in [2.24, 2.45) is 0 Å². The Kier molecular flexibility index (Phi) is 5.40. The first kappa shape index (κ1) is 15.3. The lowest BCUT2D eigenvalue weighted by Crippen LogP contribution is -2.44. The topological polar surface area (TPSA) is 35.9 Å². The Balaban J connectivity index is 2.08. The quantitative estimate of drug-likeness (QED) is 0.889. The van der Waals surface area contributed by atoms with Crippen molar-refractivity contribution in [3.8, 4) is 5.75 Å². The summed E-state index contributed by atoms with van der Waals surface area (Å²) in [4.78, 5) is 4.79. The van der Waals surface area contributed by atoms with Crippen LogP contribution in [0.25, 0.3) is 0 Å². The fourth-order valence-corrected chi connectivity index (χ4v) is 2.89. The Morgan fingerprint density at radius 2 is 2.20 bits per heavy atom. The van der Waals surface area contributed by atoms with Crippen molar-refractivity contribution < 1.29 is 9.84 Å². The van der Waals surface area contributed by atoms with E-state index in [9.17, 15) is 5.11 Å². The Labute approximate surface area is 122 Å². The molecule has 0 saturated carbocycles. The normalized spacial score (nSPS) is 20.4. The van der Waals surface area contributed by atoms with Gasteiger partial charge in [-0.25, -0.2) is 0 Å². The van der Waals surface area contributed by atoms with Gasteiger partial charge in [-0.15, -0.1) is 0 Å². The summed E-state index contributed by atoms with van der Waals surface area (Å²) in [5.41, 5.74) is 2.11. The average Bonchev–Trinajstić information content (AvgIpc) is 2.47. The van der Waals surface area contributed by atoms with Gasteiger partial charge < -0.3 is 14.7 Å². The summed E-state index contributed by atoms with van der Waals surface area (Å²) in [6.45, 7) is 3.20. The molecule has 2 rings (SSSR count). The van der Waals surface area contributed by atoms with E-state index in [2.05, 4.69) is 30.0 Å². The molecule has 1 heterocycles. The number of likely N-dealkylation sites (tertiary alicyclic amines) is 1. The van der Waals surface area contributed by atoms with Crippen LogP contribution in [-0.4, -0.2) is 55.2 Å². The molecule has 1 N–H and O–H groups in total. The molecule has 1 aromatic carbocycles. The van der Waals surface area contributed by atoms with Crippen LogP contribution in [0.2, 0.25) is 0 Å². The molecule has 1 aliphatic heterocycles. The van der Waals surface area contributed by atoms with Gasteiger partial charge in [-0.05, 0) is 51.2 Å². The number of hydrogen-bond acceptors (Lipinski definition) is 4. The third kappa shape index (κ3) is 3.72. The fraction of sp³-hybridized carbons (Fsp3) is 0.625. The van der Waals surface area contributed by atoms with Gasteiger partial charge >= 0.3 is 0 Å². The highest BCUT2D eigenvalue weighted by Crippen LogP contribution is 2.24. The number of aliphatic hydroxyl groups excluding tert-OH is 1. The lowest BCUT2D eigenvalue weighted by atomic mass is 10.0. The Morgan fingerprint density at radius 1 is 1.40 bits per heavy atom. The van der Waals surface area contributed by atoms with Crippen molar-refractivity contribution >= 4 is 0 Å². The summed E-state index contributed by atoms with van der Waals surface area (Å²) in [5, 5.41) is 9.29. The zero-order valence-corrected chi connectivity index (χ0v) is 12.8. The predicted molar refractivity (Wildman–Crippen MR) is 80.9 cm³/mol. The summed E-state index contributed by atoms with van der Waals surface area (Å²) in [5.74, 6) is 0.911. The lowest BCUT2D eigenvalue weighted by molar-refractivity contribution is 0.127. The van der Waals surface area contributed by atoms with Crippen LogP contribution >= 0.6 is 0 Å². The molecular weight excluding hydrogens is 252 g/mol. The highest BCUT2D eigenvalue weighted by molar-refractivity contribution is 5.37. The molecular formula is C16H26N2O2. The molecule has 0 bridgehead atoms. The maximum absolute atomic E-state index is 9.29. The Hall–Kier alpha value is -1.10. The minimum Gasteiger partial charge on any atom is -0.496 e. The van der Waals surface area contributed by atoms with Crippen LogP contribution in [-0.2, 0) is 13.2 Å². The molecule has 112 valence electrons. The number of ether oxygens (including phenoxy) is 1. The predicted octanol–water partition coefficient (Wildman–Crippen LogP) is 1.71. The first-order valence-electron chi connectivity index (χ1n) is 7.29. The maximum Gasteiger partial charge on any atom is 0.123 e. The van der Waals surface area contributed by atoms with Crippen molar-refractivity contribution in [2.45, 2.75) is 32.0 Å². The van der Waals surface area contributed by atoms with Crippen LogP contribution in [0.5, 0.6) is 5.75 Å². The molecule has 0 aromatic heterocycles. The van der Waals surface area contributed by atoms with Crippen molar-refractivity contribution in [2.75, 3.05) is 34.3 Å². The van der Waals surface area contributed by atoms with Gasteiger partial charge in [-0.3, -0.25) is 4.90 Å². The highest BCUT2D eigenvalue weighted by atomic mass is 16.5. The van der Waals surface area contributed by atoms with Crippen LogP contribution in [0.3, 0.4) is 0 Å². The minimum atomic E-state index is 0.0807. The van der Waals surface area contributed by atoms with E-state index in [4.69, 9.17) is 4.74 Å². The smallest absolute Gasteiger partial charge is 0.123 e. The molecule has 1 saturated heterocycles. The number of rotatable bonds is 5. The summed E-state index contributed by atoms with van der Waals surface area (Å²) >= 11 is 0. The van der Waals surface area contributed by atoms with E-state index in [1.807, 2.05) is 12.1 Å². The second-order valence-electron chi connectivity index (χ2n) is 5.80. The number of nitrogens with zero attached hydrogens (tertiary/aromatic N) is 2. The molecule has 0 amide bonds. The van der Waals surface area contributed by atoms with Crippen LogP contribution in [0.15, 0.2) is 18.2 Å². The molecule has 1 aromatic rings. The SMILES string of the molecule is COc1ccc(CO)cc1CN1CCCC(N(C)C)C1. The maximum atomic E-state index is 9.29. The molecule has 4 nitrogen and oxygen atoms in total. The van der Waals surface area contributed by atoms with Gasteiger partial charge in [0.15, 0.2) is 0 Å². The molecule has 1 atom stereocenters. The molecule has 1 fully saturated rings. The third-order valence-corrected chi connectivity index (χ3v) is 4.13. The van der Waals surface area contributed by atoms with E-state index in [1.54, 1.807) is 7.11 Å². The second kappa shape index (κ2) is 7.07. The van der Waals surface area contributed by atoms with E-state index in [1.165, 1.54) is 18.4 Å². The Morgan fingerprint density at radius 3 is 2.85 bits per heavy atom. The number of benzene rings is 1. The molecule has 20 heavy (non-hydrogen) atoms. The van der Waals surface area contributed by atoms with Crippen molar-refractivity contribution in [1.29, 1.82) is 0 Å². The summed E-state index contributed by atoms with van der Waals surface area (Å²) < 4.78 is 5.44. The molecule has 4 heteroatoms. The summed E-state index contributed by atoms with van der Waals surface area (Å²) in [6, 6.07) is 6.56. The molecule has 1 unspecified atom stereocenters.